The molecule has 5 nitrogen and oxygen atoms in total. The van der Waals surface area contributed by atoms with Gasteiger partial charge in [-0.1, -0.05) is 70.4 Å². The van der Waals surface area contributed by atoms with Crippen molar-refractivity contribution in [2.75, 3.05) is 6.54 Å². The van der Waals surface area contributed by atoms with Crippen molar-refractivity contribution in [3.05, 3.63) is 12.2 Å². The molecule has 0 bridgehead atoms. The van der Waals surface area contributed by atoms with Gasteiger partial charge in [-0.15, -0.1) is 0 Å². The van der Waals surface area contributed by atoms with Crippen molar-refractivity contribution in [2.45, 2.75) is 110 Å². The minimum absolute atomic E-state index is 0.0694. The van der Waals surface area contributed by atoms with E-state index in [2.05, 4.69) is 19.1 Å². The zero-order chi connectivity index (χ0) is 20.2. The maximum absolute atomic E-state index is 10.4. The summed E-state index contributed by atoms with van der Waals surface area (Å²) in [5.41, 5.74) is 0. The van der Waals surface area contributed by atoms with Gasteiger partial charge in [0.15, 0.2) is 0 Å². The summed E-state index contributed by atoms with van der Waals surface area (Å²) in [4.78, 5) is 20.7. The van der Waals surface area contributed by atoms with E-state index in [1.165, 1.54) is 75.6 Å². The van der Waals surface area contributed by atoms with E-state index in [1.54, 1.807) is 0 Å². The quantitative estimate of drug-likeness (QED) is 0.167. The van der Waals surface area contributed by atoms with E-state index in [0.29, 0.717) is 12.8 Å². The lowest BCUT2D eigenvalue weighted by molar-refractivity contribution is -0.137. The molecule has 1 saturated heterocycles. The fourth-order valence-corrected chi connectivity index (χ4v) is 3.02. The van der Waals surface area contributed by atoms with Crippen LogP contribution in [0, 0.1) is 0 Å². The van der Waals surface area contributed by atoms with Crippen LogP contribution >= 0.6 is 0 Å². The Bertz CT molecular complexity index is 397. The molecule has 1 rings (SSSR count). The van der Waals surface area contributed by atoms with E-state index in [9.17, 15) is 9.59 Å². The smallest absolute Gasteiger partial charge is 0.303 e. The molecule has 1 heterocycles. The lowest BCUT2D eigenvalue weighted by atomic mass is 10.1. The molecule has 5 heteroatoms. The molecule has 0 aromatic heterocycles. The number of carbonyl (C=O) groups excluding carboxylic acids is 1. The Morgan fingerprint density at radius 2 is 1.48 bits per heavy atom. The molecule has 0 radical (unpaired) electrons. The molecule has 0 spiro atoms. The molecule has 0 saturated carbocycles. The minimum Gasteiger partial charge on any atom is -0.481 e. The summed E-state index contributed by atoms with van der Waals surface area (Å²) in [6.45, 7) is 2.99. The molecule has 158 valence electrons. The lowest BCUT2D eigenvalue weighted by Crippen LogP contribution is -2.31. The maximum Gasteiger partial charge on any atom is 0.303 e. The number of rotatable bonds is 15. The highest BCUT2D eigenvalue weighted by molar-refractivity contribution is 5.77. The normalized spacial score (nSPS) is 13.9. The first-order chi connectivity index (χ1) is 13.1. The Balaban J connectivity index is 0.000000797. The van der Waals surface area contributed by atoms with Crippen molar-refractivity contribution in [3.8, 4) is 0 Å². The van der Waals surface area contributed by atoms with E-state index >= 15 is 0 Å². The lowest BCUT2D eigenvalue weighted by Gasteiger charge is -2.03. The molecule has 0 aromatic carbocycles. The van der Waals surface area contributed by atoms with Crippen LogP contribution < -0.4 is 5.84 Å². The third-order valence-electron chi connectivity index (χ3n) is 4.76. The van der Waals surface area contributed by atoms with E-state index in [1.807, 2.05) is 0 Å². The van der Waals surface area contributed by atoms with Crippen LogP contribution in [-0.2, 0) is 9.59 Å². The van der Waals surface area contributed by atoms with Crippen LogP contribution in [0.3, 0.4) is 0 Å². The van der Waals surface area contributed by atoms with Gasteiger partial charge in [-0.3, -0.25) is 14.6 Å². The van der Waals surface area contributed by atoms with Crippen LogP contribution in [0.15, 0.2) is 12.2 Å². The van der Waals surface area contributed by atoms with Crippen molar-refractivity contribution >= 4 is 11.9 Å². The number of unbranched alkanes of at least 4 members (excludes halogenated alkanes) is 11. The average molecular weight is 383 g/mol. The minimum atomic E-state index is -0.664. The second-order valence-corrected chi connectivity index (χ2v) is 7.42. The average Bonchev–Trinajstić information content (AvgIpc) is 3.01. The second-order valence-electron chi connectivity index (χ2n) is 7.42. The van der Waals surface area contributed by atoms with Gasteiger partial charge in [-0.25, -0.2) is 5.84 Å². The van der Waals surface area contributed by atoms with Crippen molar-refractivity contribution in [1.82, 2.24) is 5.01 Å². The molecule has 3 N–H and O–H groups in total. The molecule has 27 heavy (non-hydrogen) atoms. The Morgan fingerprint density at radius 1 is 0.963 bits per heavy atom. The van der Waals surface area contributed by atoms with E-state index in [0.717, 1.165) is 25.8 Å². The standard InChI is InChI=1S/C18H34O2.C4H8N2O/c1-2-3-4-5-6-7-8-9-10-11-12-13-14-15-16-17-18(19)20;5-6-3-1-2-4(6)7/h9-10H,2-8,11-17H2,1H3,(H,19,20);1-3,5H2/b10-9-;. The molecule has 1 amide bonds. The van der Waals surface area contributed by atoms with Crippen LogP contribution in [0.25, 0.3) is 0 Å². The highest BCUT2D eigenvalue weighted by Gasteiger charge is 2.15. The van der Waals surface area contributed by atoms with Crippen molar-refractivity contribution < 1.29 is 14.7 Å². The number of nitrogens with two attached hydrogens (primary N) is 1. The molecule has 0 unspecified atom stereocenters. The first kappa shape index (κ1) is 25.6. The zero-order valence-electron chi connectivity index (χ0n) is 17.5. The number of amides is 1. The number of carboxylic acid groups (broad SMARTS) is 1. The Kier molecular flexibility index (Phi) is 18.4. The summed E-state index contributed by atoms with van der Waals surface area (Å²) in [6.07, 6.45) is 22.8. The van der Waals surface area contributed by atoms with Crippen molar-refractivity contribution in [2.24, 2.45) is 5.84 Å². The predicted molar refractivity (Wildman–Crippen MR) is 112 cm³/mol. The molecular weight excluding hydrogens is 340 g/mol. The van der Waals surface area contributed by atoms with Crippen LogP contribution in [0.1, 0.15) is 110 Å². The molecule has 0 aromatic rings. The van der Waals surface area contributed by atoms with Crippen LogP contribution in [-0.4, -0.2) is 28.5 Å². The monoisotopic (exact) mass is 382 g/mol. The van der Waals surface area contributed by atoms with Crippen molar-refractivity contribution in [1.29, 1.82) is 0 Å². The van der Waals surface area contributed by atoms with Gasteiger partial charge in [0.1, 0.15) is 0 Å². The van der Waals surface area contributed by atoms with Crippen LogP contribution in [0.4, 0.5) is 0 Å². The number of aliphatic carboxylic acids is 1. The third kappa shape index (κ3) is 19.2. The summed E-state index contributed by atoms with van der Waals surface area (Å²) in [5.74, 6) is 4.57. The first-order valence-corrected chi connectivity index (χ1v) is 11.0. The van der Waals surface area contributed by atoms with Gasteiger partial charge >= 0.3 is 5.97 Å². The SMILES string of the molecule is CCCCCCCC/C=C\CCCCCCCC(=O)O.NN1CCCC1=O. The summed E-state index contributed by atoms with van der Waals surface area (Å²) < 4.78 is 0. The Labute approximate surface area is 166 Å². The van der Waals surface area contributed by atoms with Gasteiger partial charge in [0.2, 0.25) is 5.91 Å². The van der Waals surface area contributed by atoms with E-state index < -0.39 is 5.97 Å². The van der Waals surface area contributed by atoms with E-state index in [4.69, 9.17) is 10.9 Å². The Hall–Kier alpha value is -1.36. The molecule has 1 fully saturated rings. The number of carboxylic acids is 1. The first-order valence-electron chi connectivity index (χ1n) is 11.0. The summed E-state index contributed by atoms with van der Waals surface area (Å²) in [7, 11) is 0. The fraction of sp³-hybridized carbons (Fsp3) is 0.818. The predicted octanol–water partition coefficient (Wildman–Crippen LogP) is 5.59. The highest BCUT2D eigenvalue weighted by Crippen LogP contribution is 2.09. The third-order valence-corrected chi connectivity index (χ3v) is 4.76. The van der Waals surface area contributed by atoms with Crippen LogP contribution in [0.5, 0.6) is 0 Å². The number of hydrazine groups is 1. The van der Waals surface area contributed by atoms with Gasteiger partial charge in [-0.05, 0) is 38.5 Å². The zero-order valence-corrected chi connectivity index (χ0v) is 17.5. The largest absolute Gasteiger partial charge is 0.481 e. The molecule has 0 aliphatic carbocycles. The summed E-state index contributed by atoms with van der Waals surface area (Å²) in [5, 5.41) is 9.77. The van der Waals surface area contributed by atoms with Crippen molar-refractivity contribution in [3.63, 3.8) is 0 Å². The van der Waals surface area contributed by atoms with Gasteiger partial charge in [0.25, 0.3) is 0 Å². The molecule has 0 atom stereocenters. The van der Waals surface area contributed by atoms with Crippen LogP contribution in [0.2, 0.25) is 0 Å². The number of nitrogens with zero attached hydrogens (tertiary/aromatic N) is 1. The van der Waals surface area contributed by atoms with Gasteiger partial charge < -0.3 is 5.11 Å². The van der Waals surface area contributed by atoms with Gasteiger partial charge in [-0.2, -0.15) is 0 Å². The molecular formula is C22H42N2O3. The topological polar surface area (TPSA) is 83.6 Å². The summed E-state index contributed by atoms with van der Waals surface area (Å²) >= 11 is 0. The van der Waals surface area contributed by atoms with Gasteiger partial charge in [0, 0.05) is 19.4 Å². The Morgan fingerprint density at radius 3 is 1.89 bits per heavy atom. The van der Waals surface area contributed by atoms with Gasteiger partial charge in [0.05, 0.1) is 0 Å². The summed E-state index contributed by atoms with van der Waals surface area (Å²) in [6, 6.07) is 0. The molecule has 1 aliphatic heterocycles. The fourth-order valence-electron chi connectivity index (χ4n) is 3.02. The van der Waals surface area contributed by atoms with E-state index in [-0.39, 0.29) is 5.91 Å². The number of hydrogen-bond acceptors (Lipinski definition) is 3. The number of allylic oxidation sites excluding steroid dienone is 2. The number of hydrogen-bond donors (Lipinski definition) is 2. The molecule has 1 aliphatic rings. The second kappa shape index (κ2) is 19.4. The number of carbonyl (C=O) groups is 2. The maximum atomic E-state index is 10.4. The highest BCUT2D eigenvalue weighted by atomic mass is 16.4.